The lowest BCUT2D eigenvalue weighted by molar-refractivity contribution is -0.121. The molecule has 0 aromatic heterocycles. The van der Waals surface area contributed by atoms with Crippen molar-refractivity contribution in [1.29, 1.82) is 0 Å². The molecule has 1 heterocycles. The SMILES string of the molecule is Cc1cc(CNC(=O)CCN=C2NS(=O)(=O)c3ccccc32)ccc1F. The first-order chi connectivity index (χ1) is 12.4. The van der Waals surface area contributed by atoms with Gasteiger partial charge in [0.2, 0.25) is 5.91 Å². The number of amidine groups is 1. The third kappa shape index (κ3) is 3.91. The number of sulfonamides is 1. The van der Waals surface area contributed by atoms with Crippen LogP contribution in [0.4, 0.5) is 4.39 Å². The van der Waals surface area contributed by atoms with Crippen LogP contribution in [0.3, 0.4) is 0 Å². The van der Waals surface area contributed by atoms with E-state index in [4.69, 9.17) is 0 Å². The molecule has 0 fully saturated rings. The summed E-state index contributed by atoms with van der Waals surface area (Å²) in [6.45, 7) is 2.11. The average molecular weight is 375 g/mol. The first kappa shape index (κ1) is 18.1. The molecule has 0 aliphatic carbocycles. The lowest BCUT2D eigenvalue weighted by atomic mass is 10.1. The number of nitrogens with zero attached hydrogens (tertiary/aromatic N) is 1. The van der Waals surface area contributed by atoms with Gasteiger partial charge in [-0.2, -0.15) is 0 Å². The zero-order chi connectivity index (χ0) is 18.7. The van der Waals surface area contributed by atoms with Gasteiger partial charge in [0.15, 0.2) is 0 Å². The van der Waals surface area contributed by atoms with Gasteiger partial charge in [-0.15, -0.1) is 0 Å². The monoisotopic (exact) mass is 375 g/mol. The molecule has 0 radical (unpaired) electrons. The van der Waals surface area contributed by atoms with Gasteiger partial charge in [0.1, 0.15) is 11.7 Å². The molecule has 2 N–H and O–H groups in total. The van der Waals surface area contributed by atoms with E-state index in [0.717, 1.165) is 5.56 Å². The van der Waals surface area contributed by atoms with E-state index in [9.17, 15) is 17.6 Å². The zero-order valence-electron chi connectivity index (χ0n) is 14.1. The van der Waals surface area contributed by atoms with Crippen molar-refractivity contribution in [3.8, 4) is 0 Å². The zero-order valence-corrected chi connectivity index (χ0v) is 14.9. The van der Waals surface area contributed by atoms with Crippen LogP contribution in [0.1, 0.15) is 23.1 Å². The van der Waals surface area contributed by atoms with Gasteiger partial charge in [0, 0.05) is 18.5 Å². The number of hydrogen-bond acceptors (Lipinski definition) is 4. The second-order valence-electron chi connectivity index (χ2n) is 5.94. The van der Waals surface area contributed by atoms with Crippen LogP contribution in [0.5, 0.6) is 0 Å². The van der Waals surface area contributed by atoms with E-state index in [-0.39, 0.29) is 35.4 Å². The molecule has 1 amide bonds. The molecule has 0 saturated carbocycles. The first-order valence-corrected chi connectivity index (χ1v) is 9.53. The quantitative estimate of drug-likeness (QED) is 0.836. The number of aliphatic imine (C=N–C) groups is 1. The van der Waals surface area contributed by atoms with Gasteiger partial charge in [-0.3, -0.25) is 14.5 Å². The molecule has 0 bridgehead atoms. The highest BCUT2D eigenvalue weighted by atomic mass is 32.2. The summed E-state index contributed by atoms with van der Waals surface area (Å²) >= 11 is 0. The molecule has 2 aromatic rings. The highest BCUT2D eigenvalue weighted by Crippen LogP contribution is 2.22. The summed E-state index contributed by atoms with van der Waals surface area (Å²) in [4.78, 5) is 16.3. The molecule has 1 aliphatic heterocycles. The van der Waals surface area contributed by atoms with E-state index in [1.807, 2.05) is 0 Å². The van der Waals surface area contributed by atoms with Crippen LogP contribution in [0.25, 0.3) is 0 Å². The molecular formula is C18H18FN3O3S. The highest BCUT2D eigenvalue weighted by molar-refractivity contribution is 7.90. The first-order valence-electron chi connectivity index (χ1n) is 8.05. The molecule has 3 rings (SSSR count). The molecule has 136 valence electrons. The molecule has 26 heavy (non-hydrogen) atoms. The van der Waals surface area contributed by atoms with Gasteiger partial charge in [0.25, 0.3) is 10.0 Å². The Labute approximate surface area is 151 Å². The normalized spacial score (nSPS) is 16.2. The maximum Gasteiger partial charge on any atom is 0.263 e. The molecule has 0 atom stereocenters. The van der Waals surface area contributed by atoms with Crippen molar-refractivity contribution < 1.29 is 17.6 Å². The van der Waals surface area contributed by atoms with Crippen LogP contribution >= 0.6 is 0 Å². The summed E-state index contributed by atoms with van der Waals surface area (Å²) in [5.41, 5.74) is 1.84. The van der Waals surface area contributed by atoms with Crippen molar-refractivity contribution >= 4 is 21.8 Å². The van der Waals surface area contributed by atoms with Gasteiger partial charge in [-0.1, -0.05) is 24.3 Å². The standard InChI is InChI=1S/C18H18FN3O3S/c1-12-10-13(6-7-15(12)19)11-21-17(23)8-9-20-18-14-4-2-3-5-16(14)26(24,25)22-18/h2-7,10H,8-9,11H2,1H3,(H,20,22)(H,21,23). The van der Waals surface area contributed by atoms with Crippen LogP contribution in [-0.4, -0.2) is 26.7 Å². The summed E-state index contributed by atoms with van der Waals surface area (Å²) in [5.74, 6) is -0.247. The van der Waals surface area contributed by atoms with Crippen molar-refractivity contribution in [3.05, 3.63) is 65.0 Å². The Morgan fingerprint density at radius 1 is 1.23 bits per heavy atom. The number of carbonyl (C=O) groups excluding carboxylic acids is 1. The Bertz CT molecular complexity index is 987. The summed E-state index contributed by atoms with van der Waals surface area (Å²) in [6.07, 6.45) is 0.119. The van der Waals surface area contributed by atoms with Crippen LogP contribution in [0, 0.1) is 12.7 Å². The van der Waals surface area contributed by atoms with E-state index in [2.05, 4.69) is 15.0 Å². The Balaban J connectivity index is 1.56. The maximum absolute atomic E-state index is 13.2. The molecule has 6 nitrogen and oxygen atoms in total. The number of aryl methyl sites for hydroxylation is 1. The molecule has 0 unspecified atom stereocenters. The molecular weight excluding hydrogens is 357 g/mol. The number of hydrogen-bond donors (Lipinski definition) is 2. The minimum atomic E-state index is -3.57. The predicted molar refractivity (Wildman–Crippen MR) is 95.8 cm³/mol. The number of nitrogens with one attached hydrogen (secondary N) is 2. The Kier molecular flexibility index (Phi) is 5.03. The molecule has 0 spiro atoms. The fraction of sp³-hybridized carbons (Fsp3) is 0.222. The molecule has 0 saturated heterocycles. The second-order valence-corrected chi connectivity index (χ2v) is 7.59. The van der Waals surface area contributed by atoms with Crippen molar-refractivity contribution in [2.75, 3.05) is 6.54 Å². The largest absolute Gasteiger partial charge is 0.352 e. The lowest BCUT2D eigenvalue weighted by Crippen LogP contribution is -2.25. The topological polar surface area (TPSA) is 87.6 Å². The van der Waals surface area contributed by atoms with Crippen LogP contribution in [-0.2, 0) is 21.4 Å². The van der Waals surface area contributed by atoms with E-state index in [1.54, 1.807) is 37.3 Å². The molecule has 8 heteroatoms. The fourth-order valence-corrected chi connectivity index (χ4v) is 3.88. The number of rotatable bonds is 5. The number of benzene rings is 2. The third-order valence-electron chi connectivity index (χ3n) is 3.98. The smallest absolute Gasteiger partial charge is 0.263 e. The van der Waals surface area contributed by atoms with E-state index in [0.29, 0.717) is 17.7 Å². The minimum absolute atomic E-state index is 0.119. The van der Waals surface area contributed by atoms with Gasteiger partial charge < -0.3 is 5.32 Å². The maximum atomic E-state index is 13.2. The van der Waals surface area contributed by atoms with E-state index < -0.39 is 10.0 Å². The van der Waals surface area contributed by atoms with E-state index in [1.165, 1.54) is 12.1 Å². The summed E-state index contributed by atoms with van der Waals surface area (Å²) in [5, 5.41) is 2.74. The number of amides is 1. The summed E-state index contributed by atoms with van der Waals surface area (Å²) in [7, 11) is -3.57. The number of fused-ring (bicyclic) bond motifs is 1. The van der Waals surface area contributed by atoms with Crippen molar-refractivity contribution in [1.82, 2.24) is 10.0 Å². The van der Waals surface area contributed by atoms with Crippen LogP contribution in [0.15, 0.2) is 52.4 Å². The highest BCUT2D eigenvalue weighted by Gasteiger charge is 2.29. The molecule has 1 aliphatic rings. The lowest BCUT2D eigenvalue weighted by Gasteiger charge is -2.06. The van der Waals surface area contributed by atoms with Crippen molar-refractivity contribution in [3.63, 3.8) is 0 Å². The van der Waals surface area contributed by atoms with E-state index >= 15 is 0 Å². The average Bonchev–Trinajstić information content (AvgIpc) is 2.87. The van der Waals surface area contributed by atoms with Gasteiger partial charge in [-0.25, -0.2) is 12.8 Å². The summed E-state index contributed by atoms with van der Waals surface area (Å²) in [6, 6.07) is 11.2. The van der Waals surface area contributed by atoms with Crippen molar-refractivity contribution in [2.45, 2.75) is 24.8 Å². The fourth-order valence-electron chi connectivity index (χ4n) is 2.63. The van der Waals surface area contributed by atoms with Crippen molar-refractivity contribution in [2.24, 2.45) is 4.99 Å². The predicted octanol–water partition coefficient (Wildman–Crippen LogP) is 1.88. The van der Waals surface area contributed by atoms with Gasteiger partial charge in [-0.05, 0) is 36.2 Å². The second kappa shape index (κ2) is 7.25. The van der Waals surface area contributed by atoms with Gasteiger partial charge in [0.05, 0.1) is 11.4 Å². The number of halogens is 1. The van der Waals surface area contributed by atoms with Crippen LogP contribution < -0.4 is 10.0 Å². The number of carbonyl (C=O) groups is 1. The molecule has 2 aromatic carbocycles. The van der Waals surface area contributed by atoms with Crippen LogP contribution in [0.2, 0.25) is 0 Å². The summed E-state index contributed by atoms with van der Waals surface area (Å²) < 4.78 is 39.6. The third-order valence-corrected chi connectivity index (χ3v) is 5.38. The Morgan fingerprint density at radius 3 is 2.77 bits per heavy atom. The minimum Gasteiger partial charge on any atom is -0.352 e. The Morgan fingerprint density at radius 2 is 2.00 bits per heavy atom. The van der Waals surface area contributed by atoms with Gasteiger partial charge >= 0.3 is 0 Å². The Hall–Kier alpha value is -2.74.